The minimum atomic E-state index is 0.395. The lowest BCUT2D eigenvalue weighted by atomic mass is 10.2. The number of hydrogen-bond acceptors (Lipinski definition) is 3. The molecule has 16 heavy (non-hydrogen) atoms. The van der Waals surface area contributed by atoms with E-state index in [2.05, 4.69) is 40.3 Å². The summed E-state index contributed by atoms with van der Waals surface area (Å²) in [7, 11) is 0. The Balaban J connectivity index is 1.78. The van der Waals surface area contributed by atoms with Crippen LogP contribution in [-0.4, -0.2) is 6.54 Å². The molecule has 0 aliphatic carbocycles. The fourth-order valence-corrected chi connectivity index (χ4v) is 2.98. The minimum absolute atomic E-state index is 0.395. The molecule has 0 aromatic carbocycles. The van der Waals surface area contributed by atoms with Gasteiger partial charge < -0.3 is 9.73 Å². The zero-order valence-corrected chi connectivity index (χ0v) is 11.5. The third-order valence-corrected chi connectivity index (χ3v) is 4.23. The van der Waals surface area contributed by atoms with Crippen LogP contribution in [0.15, 0.2) is 38.7 Å². The summed E-state index contributed by atoms with van der Waals surface area (Å²) < 4.78 is 6.46. The molecule has 0 aliphatic heterocycles. The van der Waals surface area contributed by atoms with Crippen molar-refractivity contribution in [3.63, 3.8) is 0 Å². The molecule has 2 heterocycles. The molecule has 0 radical (unpaired) electrons. The van der Waals surface area contributed by atoms with Crippen molar-refractivity contribution in [2.75, 3.05) is 6.54 Å². The molecule has 4 heteroatoms. The van der Waals surface area contributed by atoms with Gasteiger partial charge in [-0.05, 0) is 47.1 Å². The molecule has 1 N–H and O–H groups in total. The van der Waals surface area contributed by atoms with Gasteiger partial charge in [-0.15, -0.1) is 11.3 Å². The summed E-state index contributed by atoms with van der Waals surface area (Å²) in [6.45, 7) is 3.12. The average Bonchev–Trinajstić information content (AvgIpc) is 2.89. The van der Waals surface area contributed by atoms with Gasteiger partial charge in [0.25, 0.3) is 0 Å². The largest absolute Gasteiger partial charge is 0.469 e. The fourth-order valence-electron chi connectivity index (χ4n) is 1.53. The quantitative estimate of drug-likeness (QED) is 0.903. The number of thiophene rings is 1. The molecule has 0 saturated carbocycles. The Kier molecular flexibility index (Phi) is 4.21. The molecule has 86 valence electrons. The summed E-state index contributed by atoms with van der Waals surface area (Å²) in [5.41, 5.74) is 0. The molecule has 1 atom stereocenters. The third-order valence-electron chi connectivity index (χ3n) is 2.42. The molecular formula is C12H14BrNOS. The lowest BCUT2D eigenvalue weighted by molar-refractivity contribution is 0.487. The standard InChI is InChI=1S/C12H14BrNOS/c1-9(11-4-5-12(13)16-11)14-7-6-10-3-2-8-15-10/h2-5,8-9,14H,6-7H2,1H3. The van der Waals surface area contributed by atoms with Crippen molar-refractivity contribution in [2.45, 2.75) is 19.4 Å². The third kappa shape index (κ3) is 3.20. The van der Waals surface area contributed by atoms with Crippen LogP contribution in [-0.2, 0) is 6.42 Å². The highest BCUT2D eigenvalue weighted by Crippen LogP contribution is 2.26. The van der Waals surface area contributed by atoms with Crippen molar-refractivity contribution in [2.24, 2.45) is 0 Å². The molecule has 0 fully saturated rings. The fraction of sp³-hybridized carbons (Fsp3) is 0.333. The zero-order chi connectivity index (χ0) is 11.4. The van der Waals surface area contributed by atoms with E-state index in [-0.39, 0.29) is 0 Å². The van der Waals surface area contributed by atoms with Gasteiger partial charge in [0.15, 0.2) is 0 Å². The Morgan fingerprint density at radius 2 is 2.31 bits per heavy atom. The van der Waals surface area contributed by atoms with Gasteiger partial charge >= 0.3 is 0 Å². The molecule has 0 aliphatic rings. The number of rotatable bonds is 5. The first-order valence-electron chi connectivity index (χ1n) is 5.26. The highest BCUT2D eigenvalue weighted by molar-refractivity contribution is 9.11. The Labute approximate surface area is 108 Å². The van der Waals surface area contributed by atoms with E-state index in [1.165, 1.54) is 8.66 Å². The maximum Gasteiger partial charge on any atom is 0.105 e. The number of halogens is 1. The zero-order valence-electron chi connectivity index (χ0n) is 9.07. The minimum Gasteiger partial charge on any atom is -0.469 e. The molecule has 2 rings (SSSR count). The number of nitrogens with one attached hydrogen (secondary N) is 1. The van der Waals surface area contributed by atoms with E-state index in [0.717, 1.165) is 18.7 Å². The summed E-state index contributed by atoms with van der Waals surface area (Å²) in [6, 6.07) is 8.57. The van der Waals surface area contributed by atoms with Crippen molar-refractivity contribution in [1.82, 2.24) is 5.32 Å². The molecule has 2 aromatic rings. The lowest BCUT2D eigenvalue weighted by Gasteiger charge is -2.10. The second kappa shape index (κ2) is 5.66. The topological polar surface area (TPSA) is 25.2 Å². The second-order valence-electron chi connectivity index (χ2n) is 3.65. The van der Waals surface area contributed by atoms with Gasteiger partial charge in [-0.3, -0.25) is 0 Å². The Morgan fingerprint density at radius 3 is 2.94 bits per heavy atom. The van der Waals surface area contributed by atoms with Crippen molar-refractivity contribution in [3.8, 4) is 0 Å². The van der Waals surface area contributed by atoms with Crippen molar-refractivity contribution >= 4 is 27.3 Å². The maximum absolute atomic E-state index is 5.28. The first-order chi connectivity index (χ1) is 7.75. The summed E-state index contributed by atoms with van der Waals surface area (Å²) in [4.78, 5) is 1.35. The first kappa shape index (κ1) is 11.9. The van der Waals surface area contributed by atoms with Crippen LogP contribution in [0.3, 0.4) is 0 Å². The first-order valence-corrected chi connectivity index (χ1v) is 6.87. The van der Waals surface area contributed by atoms with Crippen molar-refractivity contribution in [1.29, 1.82) is 0 Å². The molecule has 2 nitrogen and oxygen atoms in total. The van der Waals surface area contributed by atoms with E-state index in [4.69, 9.17) is 4.42 Å². The Morgan fingerprint density at radius 1 is 1.44 bits per heavy atom. The van der Waals surface area contributed by atoms with Crippen LogP contribution in [0.5, 0.6) is 0 Å². The van der Waals surface area contributed by atoms with Gasteiger partial charge in [-0.25, -0.2) is 0 Å². The van der Waals surface area contributed by atoms with Crippen LogP contribution in [0.4, 0.5) is 0 Å². The van der Waals surface area contributed by atoms with Gasteiger partial charge in [0.05, 0.1) is 10.0 Å². The van der Waals surface area contributed by atoms with Crippen molar-refractivity contribution < 1.29 is 4.42 Å². The van der Waals surface area contributed by atoms with E-state index in [1.54, 1.807) is 17.6 Å². The van der Waals surface area contributed by atoms with Crippen LogP contribution < -0.4 is 5.32 Å². The summed E-state index contributed by atoms with van der Waals surface area (Å²) in [5, 5.41) is 3.48. The molecule has 0 spiro atoms. The predicted molar refractivity (Wildman–Crippen MR) is 70.8 cm³/mol. The summed E-state index contributed by atoms with van der Waals surface area (Å²) >= 11 is 5.25. The maximum atomic E-state index is 5.28. The predicted octanol–water partition coefficient (Wildman–Crippen LogP) is 4.00. The van der Waals surface area contributed by atoms with E-state index in [0.29, 0.717) is 6.04 Å². The smallest absolute Gasteiger partial charge is 0.105 e. The van der Waals surface area contributed by atoms with Crippen LogP contribution in [0.1, 0.15) is 23.6 Å². The second-order valence-corrected chi connectivity index (χ2v) is 6.14. The van der Waals surface area contributed by atoms with Crippen LogP contribution in [0, 0.1) is 0 Å². The average molecular weight is 300 g/mol. The number of furan rings is 1. The van der Waals surface area contributed by atoms with Gasteiger partial charge in [-0.1, -0.05) is 0 Å². The highest BCUT2D eigenvalue weighted by atomic mass is 79.9. The summed E-state index contributed by atoms with van der Waals surface area (Å²) in [6.07, 6.45) is 2.65. The Bertz CT molecular complexity index is 424. The normalized spacial score (nSPS) is 12.9. The SMILES string of the molecule is CC(NCCc1ccco1)c1ccc(Br)s1. The van der Waals surface area contributed by atoms with Gasteiger partial charge in [-0.2, -0.15) is 0 Å². The number of hydrogen-bond donors (Lipinski definition) is 1. The molecule has 1 unspecified atom stereocenters. The van der Waals surface area contributed by atoms with E-state index >= 15 is 0 Å². The Hall–Kier alpha value is -0.580. The van der Waals surface area contributed by atoms with E-state index in [1.807, 2.05) is 12.1 Å². The molecule has 0 saturated heterocycles. The molecule has 0 bridgehead atoms. The van der Waals surface area contributed by atoms with Crippen molar-refractivity contribution in [3.05, 3.63) is 45.0 Å². The van der Waals surface area contributed by atoms with Gasteiger partial charge in [0, 0.05) is 23.9 Å². The van der Waals surface area contributed by atoms with Gasteiger partial charge in [0.2, 0.25) is 0 Å². The highest BCUT2D eigenvalue weighted by Gasteiger charge is 2.07. The van der Waals surface area contributed by atoms with E-state index in [9.17, 15) is 0 Å². The van der Waals surface area contributed by atoms with Crippen LogP contribution >= 0.6 is 27.3 Å². The van der Waals surface area contributed by atoms with Gasteiger partial charge in [0.1, 0.15) is 5.76 Å². The van der Waals surface area contributed by atoms with Crippen LogP contribution in [0.2, 0.25) is 0 Å². The summed E-state index contributed by atoms with van der Waals surface area (Å²) in [5.74, 6) is 1.03. The van der Waals surface area contributed by atoms with E-state index < -0.39 is 0 Å². The lowest BCUT2D eigenvalue weighted by Crippen LogP contribution is -2.20. The monoisotopic (exact) mass is 299 g/mol. The molecular weight excluding hydrogens is 286 g/mol. The molecule has 0 amide bonds. The molecule has 2 aromatic heterocycles. The van der Waals surface area contributed by atoms with Crippen LogP contribution in [0.25, 0.3) is 0 Å².